The average molecular weight is 170 g/mol. The molecule has 0 aromatic rings. The van der Waals surface area contributed by atoms with E-state index in [1.54, 1.807) is 19.0 Å². The van der Waals surface area contributed by atoms with Gasteiger partial charge in [-0.25, -0.2) is 0 Å². The van der Waals surface area contributed by atoms with Gasteiger partial charge in [0.2, 0.25) is 5.91 Å². The van der Waals surface area contributed by atoms with Crippen molar-refractivity contribution in [2.45, 2.75) is 20.3 Å². The summed E-state index contributed by atoms with van der Waals surface area (Å²) < 4.78 is 0. The number of carbonyl (C=O) groups is 1. The van der Waals surface area contributed by atoms with Crippen molar-refractivity contribution in [2.24, 2.45) is 10.4 Å². The van der Waals surface area contributed by atoms with Crippen LogP contribution < -0.4 is 0 Å². The third-order valence-electron chi connectivity index (χ3n) is 1.67. The van der Waals surface area contributed by atoms with Crippen LogP contribution >= 0.6 is 0 Å². The van der Waals surface area contributed by atoms with E-state index in [2.05, 4.69) is 11.7 Å². The van der Waals surface area contributed by atoms with Crippen LogP contribution in [0.2, 0.25) is 0 Å². The topological polar surface area (TPSA) is 32.7 Å². The van der Waals surface area contributed by atoms with Crippen molar-refractivity contribution in [1.29, 1.82) is 0 Å². The maximum atomic E-state index is 11.3. The fourth-order valence-electron chi connectivity index (χ4n) is 0.926. The van der Waals surface area contributed by atoms with Gasteiger partial charge in [0.25, 0.3) is 0 Å². The Labute approximate surface area is 74.5 Å². The van der Waals surface area contributed by atoms with Gasteiger partial charge in [0.1, 0.15) is 0 Å². The number of amides is 1. The van der Waals surface area contributed by atoms with Crippen molar-refractivity contribution < 1.29 is 4.79 Å². The lowest BCUT2D eigenvalue weighted by molar-refractivity contribution is -0.130. The molecule has 1 amide bonds. The minimum atomic E-state index is -0.0664. The van der Waals surface area contributed by atoms with E-state index < -0.39 is 0 Å². The van der Waals surface area contributed by atoms with Gasteiger partial charge >= 0.3 is 0 Å². The molecule has 0 aromatic heterocycles. The summed E-state index contributed by atoms with van der Waals surface area (Å²) >= 11 is 0. The lowest BCUT2D eigenvalue weighted by Crippen LogP contribution is -2.29. The Morgan fingerprint density at radius 3 is 2.33 bits per heavy atom. The molecule has 0 unspecified atom stereocenters. The van der Waals surface area contributed by atoms with Crippen molar-refractivity contribution in [2.75, 3.05) is 20.6 Å². The zero-order chi connectivity index (χ0) is 9.78. The second-order valence-electron chi connectivity index (χ2n) is 4.01. The van der Waals surface area contributed by atoms with Crippen molar-refractivity contribution >= 4 is 12.6 Å². The minimum Gasteiger partial charge on any atom is -0.349 e. The maximum Gasteiger partial charge on any atom is 0.222 e. The van der Waals surface area contributed by atoms with E-state index in [1.807, 2.05) is 13.8 Å². The minimum absolute atomic E-state index is 0.0664. The molecule has 0 saturated heterocycles. The Morgan fingerprint density at radius 2 is 2.00 bits per heavy atom. The highest BCUT2D eigenvalue weighted by atomic mass is 16.2. The molecule has 0 aliphatic heterocycles. The molecule has 0 heterocycles. The molecular formula is C9H18N2O. The second kappa shape index (κ2) is 4.24. The highest BCUT2D eigenvalue weighted by Crippen LogP contribution is 2.20. The molecular weight excluding hydrogens is 152 g/mol. The number of hydrogen-bond acceptors (Lipinski definition) is 2. The predicted octanol–water partition coefficient (Wildman–Crippen LogP) is 1.19. The lowest BCUT2D eigenvalue weighted by Gasteiger charge is -2.23. The molecule has 0 aliphatic carbocycles. The molecule has 0 N–H and O–H groups in total. The van der Waals surface area contributed by atoms with Gasteiger partial charge in [-0.15, -0.1) is 0 Å². The first-order valence-electron chi connectivity index (χ1n) is 4.02. The molecule has 12 heavy (non-hydrogen) atoms. The van der Waals surface area contributed by atoms with Crippen LogP contribution in [0.1, 0.15) is 20.3 Å². The third-order valence-corrected chi connectivity index (χ3v) is 1.67. The Kier molecular flexibility index (Phi) is 3.93. The summed E-state index contributed by atoms with van der Waals surface area (Å²) in [6, 6.07) is 0. The largest absolute Gasteiger partial charge is 0.349 e. The summed E-state index contributed by atoms with van der Waals surface area (Å²) in [5.74, 6) is 0.142. The maximum absolute atomic E-state index is 11.3. The molecule has 0 spiro atoms. The first-order chi connectivity index (χ1) is 5.39. The molecule has 0 aliphatic rings. The molecule has 0 aromatic carbocycles. The van der Waals surface area contributed by atoms with Gasteiger partial charge in [-0.1, -0.05) is 13.8 Å². The van der Waals surface area contributed by atoms with Crippen molar-refractivity contribution in [1.82, 2.24) is 4.90 Å². The quantitative estimate of drug-likeness (QED) is 0.583. The number of nitrogens with zero attached hydrogens (tertiary/aromatic N) is 2. The van der Waals surface area contributed by atoms with Crippen molar-refractivity contribution in [3.05, 3.63) is 0 Å². The Balaban J connectivity index is 4.05. The zero-order valence-corrected chi connectivity index (χ0v) is 8.42. The fraction of sp³-hybridized carbons (Fsp3) is 0.778. The van der Waals surface area contributed by atoms with Crippen LogP contribution in [-0.4, -0.2) is 38.2 Å². The normalized spacial score (nSPS) is 11.0. The monoisotopic (exact) mass is 170 g/mol. The summed E-state index contributed by atoms with van der Waals surface area (Å²) in [6.45, 7) is 8.09. The summed E-state index contributed by atoms with van der Waals surface area (Å²) in [4.78, 5) is 16.7. The van der Waals surface area contributed by atoms with Crippen LogP contribution in [0.3, 0.4) is 0 Å². The molecule has 0 radical (unpaired) electrons. The summed E-state index contributed by atoms with van der Waals surface area (Å²) in [5.41, 5.74) is -0.0664. The number of aliphatic imine (C=N–C) groups is 1. The Hall–Kier alpha value is -0.860. The van der Waals surface area contributed by atoms with Gasteiger partial charge in [0.15, 0.2) is 0 Å². The van der Waals surface area contributed by atoms with Gasteiger partial charge in [0.05, 0.1) is 0 Å². The van der Waals surface area contributed by atoms with Crippen molar-refractivity contribution in [3.8, 4) is 0 Å². The molecule has 0 atom stereocenters. The van der Waals surface area contributed by atoms with Crippen LogP contribution in [0.25, 0.3) is 0 Å². The van der Waals surface area contributed by atoms with Crippen LogP contribution in [-0.2, 0) is 4.79 Å². The summed E-state index contributed by atoms with van der Waals surface area (Å²) in [7, 11) is 3.53. The Bertz CT molecular complexity index is 173. The van der Waals surface area contributed by atoms with E-state index >= 15 is 0 Å². The van der Waals surface area contributed by atoms with Crippen molar-refractivity contribution in [3.63, 3.8) is 0 Å². The predicted molar refractivity (Wildman–Crippen MR) is 51.5 cm³/mol. The Morgan fingerprint density at radius 1 is 1.50 bits per heavy atom. The van der Waals surface area contributed by atoms with E-state index in [1.165, 1.54) is 0 Å². The number of rotatable bonds is 4. The molecule has 0 fully saturated rings. The average Bonchev–Trinajstić information content (AvgIpc) is 1.85. The van der Waals surface area contributed by atoms with Gasteiger partial charge < -0.3 is 9.89 Å². The van der Waals surface area contributed by atoms with Crippen LogP contribution in [0.15, 0.2) is 4.99 Å². The summed E-state index contributed by atoms with van der Waals surface area (Å²) in [5, 5.41) is 0. The van der Waals surface area contributed by atoms with Gasteiger partial charge in [0, 0.05) is 27.1 Å². The van der Waals surface area contributed by atoms with E-state index in [-0.39, 0.29) is 11.3 Å². The van der Waals surface area contributed by atoms with E-state index in [4.69, 9.17) is 0 Å². The smallest absolute Gasteiger partial charge is 0.222 e. The third kappa shape index (κ3) is 4.11. The summed E-state index contributed by atoms with van der Waals surface area (Å²) in [6.07, 6.45) is 0.527. The fourth-order valence-corrected chi connectivity index (χ4v) is 0.926. The molecule has 0 rings (SSSR count). The standard InChI is InChI=1S/C9H18N2O/c1-9(2,7-10-3)6-8(12)11(4)5/h3,6-7H2,1-2,4-5H3. The number of carbonyl (C=O) groups excluding carboxylic acids is 1. The first kappa shape index (κ1) is 11.1. The van der Waals surface area contributed by atoms with E-state index in [0.29, 0.717) is 13.0 Å². The molecule has 70 valence electrons. The van der Waals surface area contributed by atoms with Gasteiger partial charge in [-0.3, -0.25) is 4.79 Å². The molecule has 3 nitrogen and oxygen atoms in total. The zero-order valence-electron chi connectivity index (χ0n) is 8.42. The van der Waals surface area contributed by atoms with Crippen LogP contribution in [0, 0.1) is 5.41 Å². The lowest BCUT2D eigenvalue weighted by atomic mass is 9.89. The van der Waals surface area contributed by atoms with E-state index in [9.17, 15) is 4.79 Å². The molecule has 3 heteroatoms. The van der Waals surface area contributed by atoms with Gasteiger partial charge in [-0.05, 0) is 12.1 Å². The SMILES string of the molecule is C=NCC(C)(C)CC(=O)N(C)C. The van der Waals surface area contributed by atoms with E-state index in [0.717, 1.165) is 0 Å². The highest BCUT2D eigenvalue weighted by molar-refractivity contribution is 5.76. The van der Waals surface area contributed by atoms with Crippen LogP contribution in [0.5, 0.6) is 0 Å². The second-order valence-corrected chi connectivity index (χ2v) is 4.01. The highest BCUT2D eigenvalue weighted by Gasteiger charge is 2.21. The van der Waals surface area contributed by atoms with Crippen LogP contribution in [0.4, 0.5) is 0 Å². The number of hydrogen-bond donors (Lipinski definition) is 0. The van der Waals surface area contributed by atoms with Gasteiger partial charge in [-0.2, -0.15) is 0 Å². The first-order valence-corrected chi connectivity index (χ1v) is 4.02. The molecule has 0 saturated carbocycles. The molecule has 0 bridgehead atoms.